The van der Waals surface area contributed by atoms with Crippen LogP contribution in [-0.4, -0.2) is 54.8 Å². The van der Waals surface area contributed by atoms with Crippen LogP contribution in [0.15, 0.2) is 54.6 Å². The third kappa shape index (κ3) is 5.19. The highest BCUT2D eigenvalue weighted by Crippen LogP contribution is 2.21. The monoisotopic (exact) mass is 395 g/mol. The van der Waals surface area contributed by atoms with Gasteiger partial charge in [0.05, 0.1) is 24.2 Å². The smallest absolute Gasteiger partial charge is 0.262 e. The standard InChI is InChI=1S/C21H21N3O5/c25-18(10-13-29-15-6-2-1-3-7-15)22-11-12-23-19(26)14-24-20(27)16-8-4-5-9-17(16)21(24)28/h1-9H,10-14H2,(H,22,25)(H,23,26). The number of hydrogen-bond donors (Lipinski definition) is 2. The van der Waals surface area contributed by atoms with Crippen molar-refractivity contribution in [2.45, 2.75) is 6.42 Å². The highest BCUT2D eigenvalue weighted by molar-refractivity contribution is 6.22. The predicted molar refractivity (Wildman–Crippen MR) is 104 cm³/mol. The molecule has 8 heteroatoms. The van der Waals surface area contributed by atoms with E-state index in [4.69, 9.17) is 4.74 Å². The van der Waals surface area contributed by atoms with Gasteiger partial charge in [0.1, 0.15) is 12.3 Å². The van der Waals surface area contributed by atoms with Crippen molar-refractivity contribution in [1.82, 2.24) is 15.5 Å². The molecule has 0 saturated heterocycles. The summed E-state index contributed by atoms with van der Waals surface area (Å²) in [6.07, 6.45) is 0.192. The molecule has 0 aliphatic carbocycles. The molecule has 0 spiro atoms. The number of benzene rings is 2. The van der Waals surface area contributed by atoms with Crippen molar-refractivity contribution in [3.05, 3.63) is 65.7 Å². The molecule has 0 saturated carbocycles. The molecule has 150 valence electrons. The lowest BCUT2D eigenvalue weighted by molar-refractivity contribution is -0.123. The lowest BCUT2D eigenvalue weighted by atomic mass is 10.1. The Kier molecular flexibility index (Phi) is 6.57. The van der Waals surface area contributed by atoms with Crippen LogP contribution in [0.3, 0.4) is 0 Å². The third-order valence-corrected chi connectivity index (χ3v) is 4.29. The van der Waals surface area contributed by atoms with Gasteiger partial charge in [-0.05, 0) is 24.3 Å². The fraction of sp³-hybridized carbons (Fsp3) is 0.238. The second kappa shape index (κ2) is 9.50. The Hall–Kier alpha value is -3.68. The number of imide groups is 1. The molecule has 4 amide bonds. The number of hydrogen-bond acceptors (Lipinski definition) is 5. The van der Waals surface area contributed by atoms with Crippen LogP contribution in [0.4, 0.5) is 0 Å². The quantitative estimate of drug-likeness (QED) is 0.487. The normalized spacial score (nSPS) is 12.5. The largest absolute Gasteiger partial charge is 0.493 e. The van der Waals surface area contributed by atoms with Gasteiger partial charge in [-0.25, -0.2) is 0 Å². The zero-order chi connectivity index (χ0) is 20.6. The fourth-order valence-corrected chi connectivity index (χ4v) is 2.85. The van der Waals surface area contributed by atoms with Gasteiger partial charge in [-0.3, -0.25) is 24.1 Å². The number of rotatable bonds is 9. The Morgan fingerprint density at radius 3 is 1.97 bits per heavy atom. The number of carbonyl (C=O) groups is 4. The highest BCUT2D eigenvalue weighted by Gasteiger charge is 2.36. The molecule has 3 rings (SSSR count). The van der Waals surface area contributed by atoms with Crippen LogP contribution >= 0.6 is 0 Å². The summed E-state index contributed by atoms with van der Waals surface area (Å²) in [5.74, 6) is -0.933. The number of fused-ring (bicyclic) bond motifs is 1. The van der Waals surface area contributed by atoms with Gasteiger partial charge >= 0.3 is 0 Å². The molecule has 0 fully saturated rings. The summed E-state index contributed by atoms with van der Waals surface area (Å²) >= 11 is 0. The molecule has 0 bridgehead atoms. The topological polar surface area (TPSA) is 105 Å². The zero-order valence-corrected chi connectivity index (χ0v) is 15.7. The lowest BCUT2D eigenvalue weighted by Gasteiger charge is -2.13. The summed E-state index contributed by atoms with van der Waals surface area (Å²) in [6.45, 7) is 0.318. The van der Waals surface area contributed by atoms with Crippen molar-refractivity contribution in [2.75, 3.05) is 26.2 Å². The molecule has 1 aliphatic heterocycles. The third-order valence-electron chi connectivity index (χ3n) is 4.29. The predicted octanol–water partition coefficient (Wildman–Crippen LogP) is 0.984. The molecule has 1 aliphatic rings. The van der Waals surface area contributed by atoms with E-state index in [9.17, 15) is 19.2 Å². The second-order valence-electron chi connectivity index (χ2n) is 6.35. The molecule has 2 aromatic rings. The summed E-state index contributed by atoms with van der Waals surface area (Å²) in [6, 6.07) is 15.6. The van der Waals surface area contributed by atoms with Crippen molar-refractivity contribution in [1.29, 1.82) is 0 Å². The Morgan fingerprint density at radius 1 is 0.793 bits per heavy atom. The first-order chi connectivity index (χ1) is 14.1. The molecule has 0 atom stereocenters. The van der Waals surface area contributed by atoms with Crippen molar-refractivity contribution < 1.29 is 23.9 Å². The van der Waals surface area contributed by atoms with Crippen LogP contribution in [0, 0.1) is 0 Å². The van der Waals surface area contributed by atoms with Gasteiger partial charge in [0.2, 0.25) is 11.8 Å². The molecule has 2 aromatic carbocycles. The van der Waals surface area contributed by atoms with E-state index in [1.807, 2.05) is 30.3 Å². The zero-order valence-electron chi connectivity index (χ0n) is 15.7. The first-order valence-corrected chi connectivity index (χ1v) is 9.22. The SMILES string of the molecule is O=C(CCOc1ccccc1)NCCNC(=O)CN1C(=O)c2ccccc2C1=O. The van der Waals surface area contributed by atoms with Crippen LogP contribution in [0.1, 0.15) is 27.1 Å². The van der Waals surface area contributed by atoms with E-state index in [0.29, 0.717) is 16.9 Å². The summed E-state index contributed by atoms with van der Waals surface area (Å²) in [7, 11) is 0. The number of carbonyl (C=O) groups excluding carboxylic acids is 4. The summed E-state index contributed by atoms with van der Waals surface area (Å²) in [4.78, 5) is 49.2. The van der Waals surface area contributed by atoms with Crippen LogP contribution in [0.2, 0.25) is 0 Å². The van der Waals surface area contributed by atoms with E-state index in [1.165, 1.54) is 0 Å². The average molecular weight is 395 g/mol. The molecule has 2 N–H and O–H groups in total. The van der Waals surface area contributed by atoms with Gasteiger partial charge < -0.3 is 15.4 Å². The Balaban J connectivity index is 1.32. The Labute approximate surface area is 167 Å². The van der Waals surface area contributed by atoms with Crippen molar-refractivity contribution in [2.24, 2.45) is 0 Å². The molecule has 8 nitrogen and oxygen atoms in total. The molecular formula is C21H21N3O5. The Bertz CT molecular complexity index is 879. The van der Waals surface area contributed by atoms with Crippen LogP contribution in [0.25, 0.3) is 0 Å². The van der Waals surface area contributed by atoms with Crippen molar-refractivity contribution in [3.63, 3.8) is 0 Å². The fourth-order valence-electron chi connectivity index (χ4n) is 2.85. The molecule has 29 heavy (non-hydrogen) atoms. The first-order valence-electron chi connectivity index (χ1n) is 9.22. The van der Waals surface area contributed by atoms with E-state index < -0.39 is 17.7 Å². The minimum absolute atomic E-state index is 0.188. The van der Waals surface area contributed by atoms with Gasteiger partial charge in [-0.2, -0.15) is 0 Å². The number of para-hydroxylation sites is 1. The number of nitrogens with zero attached hydrogens (tertiary/aromatic N) is 1. The highest BCUT2D eigenvalue weighted by atomic mass is 16.5. The number of amides is 4. The van der Waals surface area contributed by atoms with Gasteiger partial charge in [-0.15, -0.1) is 0 Å². The average Bonchev–Trinajstić information content (AvgIpc) is 2.97. The van der Waals surface area contributed by atoms with Gasteiger partial charge in [0.25, 0.3) is 11.8 Å². The van der Waals surface area contributed by atoms with E-state index in [1.54, 1.807) is 24.3 Å². The van der Waals surface area contributed by atoms with Crippen LogP contribution < -0.4 is 15.4 Å². The molecule has 0 radical (unpaired) electrons. The maximum atomic E-state index is 12.2. The van der Waals surface area contributed by atoms with Gasteiger partial charge in [0.15, 0.2) is 0 Å². The summed E-state index contributed by atoms with van der Waals surface area (Å²) in [5.41, 5.74) is 0.602. The number of nitrogens with one attached hydrogen (secondary N) is 2. The maximum absolute atomic E-state index is 12.2. The van der Waals surface area contributed by atoms with E-state index in [0.717, 1.165) is 4.90 Å². The van der Waals surface area contributed by atoms with Crippen LogP contribution in [-0.2, 0) is 9.59 Å². The second-order valence-corrected chi connectivity index (χ2v) is 6.35. The molecule has 1 heterocycles. The molecule has 0 unspecified atom stereocenters. The summed E-state index contributed by atoms with van der Waals surface area (Å²) < 4.78 is 5.44. The van der Waals surface area contributed by atoms with E-state index in [2.05, 4.69) is 10.6 Å². The molecule has 0 aromatic heterocycles. The first kappa shape index (κ1) is 20.1. The van der Waals surface area contributed by atoms with Crippen LogP contribution in [0.5, 0.6) is 5.75 Å². The minimum atomic E-state index is -0.479. The van der Waals surface area contributed by atoms with E-state index >= 15 is 0 Å². The summed E-state index contributed by atoms with van der Waals surface area (Å²) in [5, 5.41) is 5.25. The number of ether oxygens (including phenoxy) is 1. The van der Waals surface area contributed by atoms with E-state index in [-0.39, 0.29) is 38.6 Å². The lowest BCUT2D eigenvalue weighted by Crippen LogP contribution is -2.42. The Morgan fingerprint density at radius 2 is 1.34 bits per heavy atom. The van der Waals surface area contributed by atoms with Gasteiger partial charge in [-0.1, -0.05) is 30.3 Å². The molecular weight excluding hydrogens is 374 g/mol. The van der Waals surface area contributed by atoms with Crippen molar-refractivity contribution >= 4 is 23.6 Å². The minimum Gasteiger partial charge on any atom is -0.493 e. The maximum Gasteiger partial charge on any atom is 0.262 e. The van der Waals surface area contributed by atoms with Gasteiger partial charge in [0, 0.05) is 13.1 Å². The van der Waals surface area contributed by atoms with Crippen molar-refractivity contribution in [3.8, 4) is 5.75 Å².